The number of amides is 2. The number of rotatable bonds is 3. The fraction of sp³-hybridized carbons (Fsp3) is 0.333. The predicted molar refractivity (Wildman–Crippen MR) is 101 cm³/mol. The van der Waals surface area contributed by atoms with Gasteiger partial charge in [-0.2, -0.15) is 0 Å². The molecule has 0 unspecified atom stereocenters. The van der Waals surface area contributed by atoms with Crippen molar-refractivity contribution in [3.8, 4) is 11.5 Å². The van der Waals surface area contributed by atoms with Crippen LogP contribution in [-0.4, -0.2) is 43.0 Å². The first kappa shape index (κ1) is 18.3. The number of likely N-dealkylation sites (tertiary alicyclic amines) is 1. The summed E-state index contributed by atoms with van der Waals surface area (Å²) in [5, 5.41) is 2.89. The van der Waals surface area contributed by atoms with E-state index in [1.807, 2.05) is 0 Å². The van der Waals surface area contributed by atoms with Gasteiger partial charge < -0.3 is 19.7 Å². The van der Waals surface area contributed by atoms with Crippen molar-refractivity contribution in [3.63, 3.8) is 0 Å². The Balaban J connectivity index is 1.42. The maximum Gasteiger partial charge on any atom is 0.256 e. The average molecular weight is 384 g/mol. The second-order valence-electron chi connectivity index (χ2n) is 6.92. The summed E-state index contributed by atoms with van der Waals surface area (Å²) in [6.45, 7) is 1.76. The molecule has 1 fully saturated rings. The van der Waals surface area contributed by atoms with Crippen molar-refractivity contribution in [1.29, 1.82) is 0 Å². The number of piperidine rings is 1. The molecule has 7 heteroatoms. The molecule has 1 N–H and O–H groups in total. The van der Waals surface area contributed by atoms with Crippen LogP contribution in [0.2, 0.25) is 0 Å². The van der Waals surface area contributed by atoms with Gasteiger partial charge >= 0.3 is 0 Å². The van der Waals surface area contributed by atoms with E-state index in [-0.39, 0.29) is 29.8 Å². The summed E-state index contributed by atoms with van der Waals surface area (Å²) in [6, 6.07) is 11.2. The van der Waals surface area contributed by atoms with Crippen molar-refractivity contribution in [2.24, 2.45) is 5.92 Å². The Bertz CT molecular complexity index is 902. The Morgan fingerprint density at radius 3 is 2.68 bits per heavy atom. The normalized spacial score (nSPS) is 18.5. The number of carbonyl (C=O) groups is 2. The number of nitrogens with zero attached hydrogens (tertiary/aromatic N) is 1. The van der Waals surface area contributed by atoms with Gasteiger partial charge in [0.2, 0.25) is 5.91 Å². The van der Waals surface area contributed by atoms with Crippen molar-refractivity contribution in [2.75, 3.05) is 31.6 Å². The van der Waals surface area contributed by atoms with E-state index in [9.17, 15) is 14.0 Å². The van der Waals surface area contributed by atoms with Gasteiger partial charge in [0.05, 0.1) is 11.5 Å². The lowest BCUT2D eigenvalue weighted by Gasteiger charge is -2.32. The Morgan fingerprint density at radius 1 is 1.07 bits per heavy atom. The number of nitrogens with one attached hydrogen (secondary N) is 1. The fourth-order valence-corrected chi connectivity index (χ4v) is 3.55. The van der Waals surface area contributed by atoms with Gasteiger partial charge in [-0.15, -0.1) is 0 Å². The molecule has 4 rings (SSSR count). The highest BCUT2D eigenvalue weighted by atomic mass is 19.1. The monoisotopic (exact) mass is 384 g/mol. The van der Waals surface area contributed by atoms with E-state index >= 15 is 0 Å². The lowest BCUT2D eigenvalue weighted by molar-refractivity contribution is -0.121. The third-order valence-electron chi connectivity index (χ3n) is 4.99. The zero-order valence-electron chi connectivity index (χ0n) is 15.3. The summed E-state index contributed by atoms with van der Waals surface area (Å²) in [5.74, 6) is -0.182. The highest BCUT2D eigenvalue weighted by molar-refractivity contribution is 5.96. The molecule has 2 aliphatic heterocycles. The maximum absolute atomic E-state index is 13.9. The van der Waals surface area contributed by atoms with Crippen molar-refractivity contribution >= 4 is 17.5 Å². The number of hydrogen-bond donors (Lipinski definition) is 1. The minimum absolute atomic E-state index is 0.0374. The highest BCUT2D eigenvalue weighted by Crippen LogP contribution is 2.33. The van der Waals surface area contributed by atoms with E-state index in [2.05, 4.69) is 5.32 Å². The first-order valence-electron chi connectivity index (χ1n) is 9.36. The standard InChI is InChI=1S/C21H21FN2O4/c22-17-6-2-1-5-16(17)21(26)24-9-3-4-14(13-24)20(25)23-15-7-8-18-19(12-15)28-11-10-27-18/h1-2,5-8,12,14H,3-4,9-11,13H2,(H,23,25)/t14-/m1/s1. The quantitative estimate of drug-likeness (QED) is 0.883. The van der Waals surface area contributed by atoms with Crippen LogP contribution in [-0.2, 0) is 4.79 Å². The molecule has 0 bridgehead atoms. The molecule has 2 aromatic rings. The van der Waals surface area contributed by atoms with Gasteiger partial charge in [-0.3, -0.25) is 9.59 Å². The highest BCUT2D eigenvalue weighted by Gasteiger charge is 2.30. The van der Waals surface area contributed by atoms with Gasteiger partial charge in [0, 0.05) is 24.8 Å². The van der Waals surface area contributed by atoms with Gasteiger partial charge in [0.15, 0.2) is 11.5 Å². The molecule has 0 radical (unpaired) electrons. The number of hydrogen-bond acceptors (Lipinski definition) is 4. The Morgan fingerprint density at radius 2 is 1.86 bits per heavy atom. The number of anilines is 1. The number of ether oxygens (including phenoxy) is 2. The Kier molecular flexibility index (Phi) is 5.14. The van der Waals surface area contributed by atoms with Crippen LogP contribution in [0.5, 0.6) is 11.5 Å². The SMILES string of the molecule is O=C(Nc1ccc2c(c1)OCCO2)[C@@H]1CCCN(C(=O)c2ccccc2F)C1. The summed E-state index contributed by atoms with van der Waals surface area (Å²) >= 11 is 0. The summed E-state index contributed by atoms with van der Waals surface area (Å²) in [4.78, 5) is 26.9. The molecule has 6 nitrogen and oxygen atoms in total. The third-order valence-corrected chi connectivity index (χ3v) is 4.99. The molecule has 0 aromatic heterocycles. The fourth-order valence-electron chi connectivity index (χ4n) is 3.55. The summed E-state index contributed by atoms with van der Waals surface area (Å²) < 4.78 is 24.9. The lowest BCUT2D eigenvalue weighted by atomic mass is 9.96. The number of carbonyl (C=O) groups excluding carboxylic acids is 2. The minimum atomic E-state index is -0.546. The molecule has 0 spiro atoms. The van der Waals surface area contributed by atoms with E-state index in [1.54, 1.807) is 35.2 Å². The van der Waals surface area contributed by atoms with Crippen LogP contribution in [0.3, 0.4) is 0 Å². The molecule has 0 aliphatic carbocycles. The van der Waals surface area contributed by atoms with Gasteiger partial charge in [-0.25, -0.2) is 4.39 Å². The molecule has 2 aromatic carbocycles. The van der Waals surface area contributed by atoms with Gasteiger partial charge in [-0.1, -0.05) is 12.1 Å². The molecule has 146 valence electrons. The number of benzene rings is 2. The van der Waals surface area contributed by atoms with Crippen LogP contribution in [0.25, 0.3) is 0 Å². The van der Waals surface area contributed by atoms with E-state index in [4.69, 9.17) is 9.47 Å². The van der Waals surface area contributed by atoms with Gasteiger partial charge in [0.1, 0.15) is 19.0 Å². The number of halogens is 1. The molecule has 1 saturated heterocycles. The van der Waals surface area contributed by atoms with Crippen LogP contribution in [0.15, 0.2) is 42.5 Å². The largest absolute Gasteiger partial charge is 0.486 e. The van der Waals surface area contributed by atoms with Crippen molar-refractivity contribution < 1.29 is 23.5 Å². The van der Waals surface area contributed by atoms with E-state index in [1.165, 1.54) is 12.1 Å². The second-order valence-corrected chi connectivity index (χ2v) is 6.92. The summed E-state index contributed by atoms with van der Waals surface area (Å²) in [5.41, 5.74) is 0.655. The molecule has 28 heavy (non-hydrogen) atoms. The van der Waals surface area contributed by atoms with Crippen molar-refractivity contribution in [2.45, 2.75) is 12.8 Å². The smallest absolute Gasteiger partial charge is 0.256 e. The zero-order chi connectivity index (χ0) is 19.5. The first-order valence-corrected chi connectivity index (χ1v) is 9.36. The van der Waals surface area contributed by atoms with E-state index in [0.29, 0.717) is 49.8 Å². The third kappa shape index (κ3) is 3.78. The van der Waals surface area contributed by atoms with E-state index < -0.39 is 5.82 Å². The molecule has 2 heterocycles. The van der Waals surface area contributed by atoms with Crippen LogP contribution in [0.4, 0.5) is 10.1 Å². The molecule has 1 atom stereocenters. The lowest BCUT2D eigenvalue weighted by Crippen LogP contribution is -2.44. The number of fused-ring (bicyclic) bond motifs is 1. The minimum Gasteiger partial charge on any atom is -0.486 e. The molecule has 0 saturated carbocycles. The van der Waals surface area contributed by atoms with Crippen molar-refractivity contribution in [3.05, 3.63) is 53.8 Å². The predicted octanol–water partition coefficient (Wildman–Crippen LogP) is 3.09. The molecular weight excluding hydrogens is 363 g/mol. The maximum atomic E-state index is 13.9. The molecular formula is C21H21FN2O4. The Hall–Kier alpha value is -3.09. The summed E-state index contributed by atoms with van der Waals surface area (Å²) in [7, 11) is 0. The topological polar surface area (TPSA) is 67.9 Å². The van der Waals surface area contributed by atoms with Crippen molar-refractivity contribution in [1.82, 2.24) is 4.90 Å². The van der Waals surface area contributed by atoms with Crippen LogP contribution < -0.4 is 14.8 Å². The first-order chi connectivity index (χ1) is 13.6. The molecule has 2 aliphatic rings. The van der Waals surface area contributed by atoms with Crippen LogP contribution in [0, 0.1) is 11.7 Å². The van der Waals surface area contributed by atoms with Gasteiger partial charge in [0.25, 0.3) is 5.91 Å². The molecule has 2 amide bonds. The average Bonchev–Trinajstić information content (AvgIpc) is 2.73. The second kappa shape index (κ2) is 7.88. The van der Waals surface area contributed by atoms with E-state index in [0.717, 1.165) is 0 Å². The zero-order valence-corrected chi connectivity index (χ0v) is 15.3. The van der Waals surface area contributed by atoms with Crippen LogP contribution >= 0.6 is 0 Å². The van der Waals surface area contributed by atoms with Crippen LogP contribution in [0.1, 0.15) is 23.2 Å². The Labute approximate surface area is 162 Å². The van der Waals surface area contributed by atoms with Gasteiger partial charge in [-0.05, 0) is 37.1 Å². The summed E-state index contributed by atoms with van der Waals surface area (Å²) in [6.07, 6.45) is 1.37.